The lowest BCUT2D eigenvalue weighted by atomic mass is 9.93. The van der Waals surface area contributed by atoms with Crippen molar-refractivity contribution in [1.82, 2.24) is 9.78 Å². The van der Waals surface area contributed by atoms with E-state index in [0.717, 1.165) is 18.4 Å². The molecule has 33 heavy (non-hydrogen) atoms. The molecule has 0 unspecified atom stereocenters. The van der Waals surface area contributed by atoms with Crippen LogP contribution in [0.25, 0.3) is 11.1 Å². The summed E-state index contributed by atoms with van der Waals surface area (Å²) in [5.74, 6) is -1.56. The van der Waals surface area contributed by atoms with Gasteiger partial charge in [-0.05, 0) is 55.9 Å². The van der Waals surface area contributed by atoms with E-state index in [2.05, 4.69) is 10.4 Å². The molecule has 0 radical (unpaired) electrons. The number of ether oxygens (including phenoxy) is 1. The van der Waals surface area contributed by atoms with Crippen LogP contribution in [-0.2, 0) is 10.2 Å². The maximum atomic E-state index is 14.6. The molecule has 0 saturated heterocycles. The first kappa shape index (κ1) is 21.2. The molecule has 1 aromatic heterocycles. The Bertz CT molecular complexity index is 1240. The van der Waals surface area contributed by atoms with Gasteiger partial charge in [-0.3, -0.25) is 9.48 Å². The average Bonchev–Trinajstić information content (AvgIpc) is 3.44. The minimum atomic E-state index is -1.10. The predicted octanol–water partition coefficient (Wildman–Crippen LogP) is 4.79. The van der Waals surface area contributed by atoms with E-state index < -0.39 is 17.2 Å². The van der Waals surface area contributed by atoms with Crippen molar-refractivity contribution < 1.29 is 23.8 Å². The number of benzene rings is 2. The van der Waals surface area contributed by atoms with E-state index in [1.807, 2.05) is 10.9 Å². The fourth-order valence-corrected chi connectivity index (χ4v) is 4.38. The highest BCUT2D eigenvalue weighted by Crippen LogP contribution is 2.50. The number of nitrogens with one attached hydrogen (secondary N) is 1. The first-order chi connectivity index (χ1) is 15.9. The van der Waals surface area contributed by atoms with E-state index in [1.54, 1.807) is 30.5 Å². The number of carboxylic acids is 1. The molecule has 1 amide bonds. The second kappa shape index (κ2) is 8.03. The molecule has 2 saturated carbocycles. The van der Waals surface area contributed by atoms with Crippen LogP contribution in [0.5, 0.6) is 5.75 Å². The quantitative estimate of drug-likeness (QED) is 0.541. The molecule has 3 aromatic rings. The van der Waals surface area contributed by atoms with Gasteiger partial charge < -0.3 is 15.2 Å². The Hall–Kier alpha value is -3.68. The summed E-state index contributed by atoms with van der Waals surface area (Å²) in [4.78, 5) is 25.1. The summed E-state index contributed by atoms with van der Waals surface area (Å²) in [7, 11) is 1.45. The van der Waals surface area contributed by atoms with Crippen molar-refractivity contribution in [1.29, 1.82) is 0 Å². The highest BCUT2D eigenvalue weighted by atomic mass is 19.1. The number of halogens is 1. The third kappa shape index (κ3) is 3.75. The van der Waals surface area contributed by atoms with Crippen LogP contribution in [0.1, 0.15) is 54.1 Å². The Morgan fingerprint density at radius 1 is 1.21 bits per heavy atom. The van der Waals surface area contributed by atoms with Crippen molar-refractivity contribution in [3.8, 4) is 16.9 Å². The smallest absolute Gasteiger partial charge is 0.336 e. The number of amides is 1. The Morgan fingerprint density at radius 2 is 2.00 bits per heavy atom. The molecule has 0 atom stereocenters. The number of carbonyl (C=O) groups is 2. The number of nitrogens with zero attached hydrogens (tertiary/aromatic N) is 2. The summed E-state index contributed by atoms with van der Waals surface area (Å²) in [5.41, 5.74) is 1.04. The number of hydrogen-bond donors (Lipinski definition) is 2. The SMILES string of the molecule is COc1ccc(C2(C(=O)Nc3ccc(-c4cnn(C5CCC5)c4)c(C(=O)O)c3)CC2)c(F)c1. The fourth-order valence-electron chi connectivity index (χ4n) is 4.38. The number of carboxylic acid groups (broad SMARTS) is 1. The van der Waals surface area contributed by atoms with E-state index in [9.17, 15) is 19.1 Å². The van der Waals surface area contributed by atoms with E-state index >= 15 is 0 Å². The molecule has 2 aliphatic rings. The Kier molecular flexibility index (Phi) is 5.15. The summed E-state index contributed by atoms with van der Waals surface area (Å²) in [6.07, 6.45) is 7.91. The normalized spacial score (nSPS) is 16.7. The summed E-state index contributed by atoms with van der Waals surface area (Å²) >= 11 is 0. The van der Waals surface area contributed by atoms with Crippen LogP contribution in [0.4, 0.5) is 10.1 Å². The van der Waals surface area contributed by atoms with Crippen LogP contribution in [0.3, 0.4) is 0 Å². The zero-order valence-corrected chi connectivity index (χ0v) is 18.2. The van der Waals surface area contributed by atoms with Crippen molar-refractivity contribution >= 4 is 17.6 Å². The van der Waals surface area contributed by atoms with Gasteiger partial charge in [0.2, 0.25) is 5.91 Å². The lowest BCUT2D eigenvalue weighted by Gasteiger charge is -2.25. The first-order valence-corrected chi connectivity index (χ1v) is 11.0. The van der Waals surface area contributed by atoms with Gasteiger partial charge in [0, 0.05) is 29.1 Å². The Labute approximate surface area is 190 Å². The van der Waals surface area contributed by atoms with E-state index in [0.29, 0.717) is 41.4 Å². The van der Waals surface area contributed by atoms with Gasteiger partial charge in [0.05, 0.1) is 30.3 Å². The molecule has 0 aliphatic heterocycles. The first-order valence-electron chi connectivity index (χ1n) is 11.0. The van der Waals surface area contributed by atoms with Crippen LogP contribution >= 0.6 is 0 Å². The van der Waals surface area contributed by atoms with Crippen LogP contribution in [0.15, 0.2) is 48.8 Å². The molecule has 1 heterocycles. The summed E-state index contributed by atoms with van der Waals surface area (Å²) in [6, 6.07) is 9.63. The number of rotatable bonds is 7. The molecule has 2 aromatic carbocycles. The molecular weight excluding hydrogens is 425 g/mol. The molecule has 2 aliphatic carbocycles. The highest BCUT2D eigenvalue weighted by molar-refractivity contribution is 6.03. The molecule has 2 N–H and O–H groups in total. The highest BCUT2D eigenvalue weighted by Gasteiger charge is 2.52. The molecule has 7 nitrogen and oxygen atoms in total. The Balaban J connectivity index is 1.40. The molecule has 0 bridgehead atoms. The minimum absolute atomic E-state index is 0.0708. The Morgan fingerprint density at radius 3 is 2.61 bits per heavy atom. The fraction of sp³-hybridized carbons (Fsp3) is 0.320. The van der Waals surface area contributed by atoms with Crippen molar-refractivity contribution in [2.75, 3.05) is 12.4 Å². The molecule has 170 valence electrons. The largest absolute Gasteiger partial charge is 0.497 e. The molecule has 2 fully saturated rings. The van der Waals surface area contributed by atoms with Crippen LogP contribution in [-0.4, -0.2) is 33.9 Å². The number of methoxy groups -OCH3 is 1. The number of hydrogen-bond acceptors (Lipinski definition) is 4. The second-order valence-electron chi connectivity index (χ2n) is 8.74. The lowest BCUT2D eigenvalue weighted by Crippen LogP contribution is -2.28. The van der Waals surface area contributed by atoms with Crippen molar-refractivity contribution in [2.24, 2.45) is 0 Å². The minimum Gasteiger partial charge on any atom is -0.497 e. The van der Waals surface area contributed by atoms with Gasteiger partial charge in [0.1, 0.15) is 11.6 Å². The van der Waals surface area contributed by atoms with Gasteiger partial charge in [0.15, 0.2) is 0 Å². The molecule has 0 spiro atoms. The second-order valence-corrected chi connectivity index (χ2v) is 8.74. The molecule has 8 heteroatoms. The zero-order valence-electron chi connectivity index (χ0n) is 18.2. The van der Waals surface area contributed by atoms with E-state index in [4.69, 9.17) is 4.74 Å². The monoisotopic (exact) mass is 449 g/mol. The van der Waals surface area contributed by atoms with Gasteiger partial charge in [-0.15, -0.1) is 0 Å². The number of aromatic carboxylic acids is 1. The molecule has 5 rings (SSSR count). The molecular formula is C25H24FN3O4. The topological polar surface area (TPSA) is 93.5 Å². The van der Waals surface area contributed by atoms with Gasteiger partial charge in [-0.2, -0.15) is 5.10 Å². The standard InChI is InChI=1S/C25H24FN3O4/c1-33-18-6-8-21(22(26)12-18)25(9-10-25)24(32)28-16-5-7-19(20(11-16)23(30)31)15-13-27-29(14-15)17-3-2-4-17/h5-8,11-14,17H,2-4,9-10H2,1H3,(H,28,32)(H,30,31). The van der Waals surface area contributed by atoms with Gasteiger partial charge >= 0.3 is 5.97 Å². The van der Waals surface area contributed by atoms with Crippen LogP contribution in [0.2, 0.25) is 0 Å². The predicted molar refractivity (Wildman–Crippen MR) is 120 cm³/mol. The summed E-state index contributed by atoms with van der Waals surface area (Å²) in [6.45, 7) is 0. The zero-order chi connectivity index (χ0) is 23.2. The van der Waals surface area contributed by atoms with Crippen molar-refractivity contribution in [3.05, 3.63) is 65.7 Å². The van der Waals surface area contributed by atoms with Crippen molar-refractivity contribution in [2.45, 2.75) is 43.6 Å². The third-order valence-electron chi connectivity index (χ3n) is 6.75. The maximum Gasteiger partial charge on any atom is 0.336 e. The van der Waals surface area contributed by atoms with E-state index in [1.165, 1.54) is 25.7 Å². The summed E-state index contributed by atoms with van der Waals surface area (Å²) in [5, 5.41) is 17.0. The van der Waals surface area contributed by atoms with Gasteiger partial charge in [0.25, 0.3) is 0 Å². The number of aromatic nitrogens is 2. The van der Waals surface area contributed by atoms with E-state index in [-0.39, 0.29) is 11.5 Å². The number of carbonyl (C=O) groups excluding carboxylic acids is 1. The average molecular weight is 449 g/mol. The number of anilines is 1. The van der Waals surface area contributed by atoms with Crippen LogP contribution in [0, 0.1) is 5.82 Å². The lowest BCUT2D eigenvalue weighted by molar-refractivity contribution is -0.118. The maximum absolute atomic E-state index is 14.6. The van der Waals surface area contributed by atoms with Gasteiger partial charge in [-0.1, -0.05) is 12.1 Å². The third-order valence-corrected chi connectivity index (χ3v) is 6.75. The van der Waals surface area contributed by atoms with Crippen LogP contribution < -0.4 is 10.1 Å². The summed E-state index contributed by atoms with van der Waals surface area (Å²) < 4.78 is 21.6. The van der Waals surface area contributed by atoms with Crippen molar-refractivity contribution in [3.63, 3.8) is 0 Å². The van der Waals surface area contributed by atoms with Gasteiger partial charge in [-0.25, -0.2) is 9.18 Å².